The number of rotatable bonds is 6. The van der Waals surface area contributed by atoms with E-state index in [4.69, 9.17) is 9.47 Å². The van der Waals surface area contributed by atoms with Crippen LogP contribution in [0.2, 0.25) is 0 Å². The maximum Gasteiger partial charge on any atom is 0.310 e. The van der Waals surface area contributed by atoms with Crippen LogP contribution in [-0.4, -0.2) is 15.9 Å². The highest BCUT2D eigenvalue weighted by molar-refractivity contribution is 5.85. The van der Waals surface area contributed by atoms with Crippen molar-refractivity contribution in [1.82, 2.24) is 9.97 Å². The lowest BCUT2D eigenvalue weighted by molar-refractivity contribution is -0.144. The van der Waals surface area contributed by atoms with Gasteiger partial charge in [0.05, 0.1) is 18.1 Å². The highest BCUT2D eigenvalue weighted by Gasteiger charge is 2.11. The first-order valence-corrected chi connectivity index (χ1v) is 8.93. The largest absolute Gasteiger partial charge is 0.460 e. The second kappa shape index (κ2) is 8.31. The number of nitrogens with zero attached hydrogens (tertiary/aromatic N) is 2. The van der Waals surface area contributed by atoms with Crippen LogP contribution in [0.5, 0.6) is 11.5 Å². The van der Waals surface area contributed by atoms with E-state index in [1.807, 2.05) is 60.7 Å². The number of aromatic nitrogens is 2. The molecule has 0 N–H and O–H groups in total. The van der Waals surface area contributed by atoms with E-state index in [1.165, 1.54) is 0 Å². The normalized spacial score (nSPS) is 10.6. The lowest BCUT2D eigenvalue weighted by Gasteiger charge is -2.11. The van der Waals surface area contributed by atoms with Crippen LogP contribution < -0.4 is 4.74 Å². The quantitative estimate of drug-likeness (QED) is 0.460. The van der Waals surface area contributed by atoms with Gasteiger partial charge in [0.1, 0.15) is 18.1 Å². The molecule has 0 amide bonds. The van der Waals surface area contributed by atoms with Crippen molar-refractivity contribution in [2.24, 2.45) is 0 Å². The number of hydrogen-bond donors (Lipinski definition) is 0. The van der Waals surface area contributed by atoms with Gasteiger partial charge in [-0.25, -0.2) is 0 Å². The fraction of sp³-hybridized carbons (Fsp3) is 0.0870. The first-order valence-electron chi connectivity index (χ1n) is 8.93. The zero-order valence-electron chi connectivity index (χ0n) is 15.1. The Balaban J connectivity index is 1.44. The van der Waals surface area contributed by atoms with E-state index in [0.29, 0.717) is 11.5 Å². The number of fused-ring (bicyclic) bond motifs is 1. The van der Waals surface area contributed by atoms with Crippen LogP contribution in [0.4, 0.5) is 0 Å². The van der Waals surface area contributed by atoms with E-state index in [9.17, 15) is 4.79 Å². The summed E-state index contributed by atoms with van der Waals surface area (Å²) in [6.07, 6.45) is 5.21. The van der Waals surface area contributed by atoms with E-state index in [-0.39, 0.29) is 19.0 Å². The average molecular weight is 370 g/mol. The smallest absolute Gasteiger partial charge is 0.310 e. The maximum absolute atomic E-state index is 12.4. The summed E-state index contributed by atoms with van der Waals surface area (Å²) >= 11 is 0. The molecule has 0 saturated heterocycles. The van der Waals surface area contributed by atoms with Gasteiger partial charge in [-0.15, -0.1) is 0 Å². The van der Waals surface area contributed by atoms with Gasteiger partial charge in [0.15, 0.2) is 0 Å². The molecule has 0 atom stereocenters. The number of hydrogen-bond acceptors (Lipinski definition) is 5. The monoisotopic (exact) mass is 370 g/mol. The summed E-state index contributed by atoms with van der Waals surface area (Å²) in [5, 5.41) is 1.00. The zero-order valence-corrected chi connectivity index (χ0v) is 15.1. The molecule has 0 unspecified atom stereocenters. The van der Waals surface area contributed by atoms with E-state index < -0.39 is 0 Å². The molecule has 0 aliphatic carbocycles. The Bertz CT molecular complexity index is 1090. The molecule has 0 aliphatic rings. The van der Waals surface area contributed by atoms with Crippen molar-refractivity contribution >= 4 is 16.9 Å². The van der Waals surface area contributed by atoms with Gasteiger partial charge in [-0.3, -0.25) is 14.8 Å². The molecule has 138 valence electrons. The van der Waals surface area contributed by atoms with Crippen molar-refractivity contribution < 1.29 is 14.3 Å². The first kappa shape index (κ1) is 17.7. The van der Waals surface area contributed by atoms with Crippen LogP contribution in [0.25, 0.3) is 10.9 Å². The van der Waals surface area contributed by atoms with Crippen LogP contribution >= 0.6 is 0 Å². The molecule has 28 heavy (non-hydrogen) atoms. The van der Waals surface area contributed by atoms with Crippen molar-refractivity contribution in [3.8, 4) is 11.5 Å². The molecule has 0 bridgehead atoms. The number of pyridine rings is 2. The molecule has 0 radical (unpaired) electrons. The molecule has 0 fully saturated rings. The van der Waals surface area contributed by atoms with E-state index in [0.717, 1.165) is 22.0 Å². The predicted molar refractivity (Wildman–Crippen MR) is 106 cm³/mol. The minimum atomic E-state index is -0.311. The standard InChI is InChI=1S/C23H18N2O3/c26-22(14-18-8-3-7-17-9-4-13-25-23(17)18)27-16-19-6-1-2-11-21(19)28-20-10-5-12-24-15-20/h1-13,15H,14,16H2. The first-order chi connectivity index (χ1) is 13.8. The third kappa shape index (κ3) is 4.15. The third-order valence-corrected chi connectivity index (χ3v) is 4.27. The van der Waals surface area contributed by atoms with Crippen molar-refractivity contribution in [1.29, 1.82) is 0 Å². The lowest BCUT2D eigenvalue weighted by atomic mass is 10.1. The minimum absolute atomic E-state index is 0.132. The Labute approximate surface area is 162 Å². The van der Waals surface area contributed by atoms with Gasteiger partial charge in [0.2, 0.25) is 0 Å². The summed E-state index contributed by atoms with van der Waals surface area (Å²) in [6, 6.07) is 20.7. The Hall–Kier alpha value is -3.73. The van der Waals surface area contributed by atoms with Crippen LogP contribution in [0, 0.1) is 0 Å². The van der Waals surface area contributed by atoms with Crippen LogP contribution in [0.15, 0.2) is 85.3 Å². The number of benzene rings is 2. The second-order valence-corrected chi connectivity index (χ2v) is 6.23. The van der Waals surface area contributed by atoms with Gasteiger partial charge in [-0.05, 0) is 29.8 Å². The topological polar surface area (TPSA) is 61.3 Å². The van der Waals surface area contributed by atoms with Crippen LogP contribution in [0.1, 0.15) is 11.1 Å². The molecule has 2 aromatic heterocycles. The Kier molecular flexibility index (Phi) is 5.24. The van der Waals surface area contributed by atoms with Crippen LogP contribution in [0.3, 0.4) is 0 Å². The predicted octanol–water partition coefficient (Wildman–Crippen LogP) is 4.71. The fourth-order valence-electron chi connectivity index (χ4n) is 2.93. The van der Waals surface area contributed by atoms with E-state index in [2.05, 4.69) is 9.97 Å². The molecule has 5 nitrogen and oxygen atoms in total. The Morgan fingerprint density at radius 1 is 0.857 bits per heavy atom. The molecular formula is C23H18N2O3. The number of ether oxygens (including phenoxy) is 2. The van der Waals surface area contributed by atoms with Crippen molar-refractivity contribution in [2.45, 2.75) is 13.0 Å². The number of carbonyl (C=O) groups excluding carboxylic acids is 1. The molecule has 0 aliphatic heterocycles. The highest BCUT2D eigenvalue weighted by atomic mass is 16.5. The molecule has 2 heterocycles. The van der Waals surface area contributed by atoms with E-state index in [1.54, 1.807) is 24.7 Å². The average Bonchev–Trinajstić information content (AvgIpc) is 2.74. The van der Waals surface area contributed by atoms with Crippen molar-refractivity contribution in [3.05, 3.63) is 96.4 Å². The minimum Gasteiger partial charge on any atom is -0.460 e. The zero-order chi connectivity index (χ0) is 19.2. The number of para-hydroxylation sites is 2. The molecule has 4 rings (SSSR count). The Morgan fingerprint density at radius 3 is 2.57 bits per heavy atom. The molecule has 0 spiro atoms. The van der Waals surface area contributed by atoms with Gasteiger partial charge in [-0.1, -0.05) is 42.5 Å². The van der Waals surface area contributed by atoms with Gasteiger partial charge in [0, 0.05) is 23.3 Å². The summed E-state index contributed by atoms with van der Waals surface area (Å²) in [6.45, 7) is 0.132. The third-order valence-electron chi connectivity index (χ3n) is 4.27. The van der Waals surface area contributed by atoms with Crippen molar-refractivity contribution in [2.75, 3.05) is 0 Å². The van der Waals surface area contributed by atoms with Gasteiger partial charge in [0.25, 0.3) is 0 Å². The summed E-state index contributed by atoms with van der Waals surface area (Å²) in [5.74, 6) is 0.951. The van der Waals surface area contributed by atoms with Gasteiger partial charge in [-0.2, -0.15) is 0 Å². The SMILES string of the molecule is O=C(Cc1cccc2cccnc12)OCc1ccccc1Oc1cccnc1. The maximum atomic E-state index is 12.4. The van der Waals surface area contributed by atoms with E-state index >= 15 is 0 Å². The summed E-state index contributed by atoms with van der Waals surface area (Å²) in [5.41, 5.74) is 2.46. The second-order valence-electron chi connectivity index (χ2n) is 6.23. The highest BCUT2D eigenvalue weighted by Crippen LogP contribution is 2.25. The molecule has 2 aromatic carbocycles. The summed E-state index contributed by atoms with van der Waals surface area (Å²) < 4.78 is 11.4. The summed E-state index contributed by atoms with van der Waals surface area (Å²) in [7, 11) is 0. The number of carbonyl (C=O) groups is 1. The molecule has 4 aromatic rings. The van der Waals surface area contributed by atoms with Gasteiger partial charge < -0.3 is 9.47 Å². The summed E-state index contributed by atoms with van der Waals surface area (Å²) in [4.78, 5) is 20.8. The number of esters is 1. The van der Waals surface area contributed by atoms with Gasteiger partial charge >= 0.3 is 5.97 Å². The van der Waals surface area contributed by atoms with Crippen molar-refractivity contribution in [3.63, 3.8) is 0 Å². The molecule has 5 heteroatoms. The molecule has 0 saturated carbocycles. The molecular weight excluding hydrogens is 352 g/mol. The Morgan fingerprint density at radius 2 is 1.68 bits per heavy atom. The fourth-order valence-corrected chi connectivity index (χ4v) is 2.93. The lowest BCUT2D eigenvalue weighted by Crippen LogP contribution is -2.09. The van der Waals surface area contributed by atoms with Crippen LogP contribution in [-0.2, 0) is 22.6 Å².